The number of unbranched alkanes of at least 4 members (excludes halogenated alkanes) is 1. The summed E-state index contributed by atoms with van der Waals surface area (Å²) in [5.74, 6) is 0.833. The molecular weight excluding hydrogens is 296 g/mol. The van der Waals surface area contributed by atoms with E-state index in [-0.39, 0.29) is 18.3 Å². The van der Waals surface area contributed by atoms with Crippen molar-refractivity contribution in [1.29, 1.82) is 0 Å². The molecule has 1 atom stereocenters. The van der Waals surface area contributed by atoms with Crippen molar-refractivity contribution in [3.8, 4) is 0 Å². The van der Waals surface area contributed by atoms with Crippen molar-refractivity contribution in [2.45, 2.75) is 45.4 Å². The van der Waals surface area contributed by atoms with Gasteiger partial charge in [-0.15, -0.1) is 12.4 Å². The highest BCUT2D eigenvalue weighted by molar-refractivity contribution is 5.85. The minimum Gasteiger partial charge on any atom is -0.356 e. The molecule has 1 aliphatic rings. The van der Waals surface area contributed by atoms with Crippen molar-refractivity contribution < 1.29 is 4.79 Å². The van der Waals surface area contributed by atoms with Gasteiger partial charge in [-0.3, -0.25) is 4.79 Å². The Kier molecular flexibility index (Phi) is 9.17. The highest BCUT2D eigenvalue weighted by Crippen LogP contribution is 2.10. The van der Waals surface area contributed by atoms with Crippen LogP contribution in [0, 0.1) is 12.8 Å². The van der Waals surface area contributed by atoms with E-state index in [1.54, 1.807) is 0 Å². The Morgan fingerprint density at radius 3 is 2.73 bits per heavy atom. The van der Waals surface area contributed by atoms with E-state index in [1.165, 1.54) is 24.0 Å². The first-order chi connectivity index (χ1) is 10.2. The largest absolute Gasteiger partial charge is 0.356 e. The van der Waals surface area contributed by atoms with Crippen molar-refractivity contribution in [2.75, 3.05) is 19.6 Å². The molecule has 0 radical (unpaired) electrons. The molecule has 2 rings (SSSR count). The third-order valence-corrected chi connectivity index (χ3v) is 4.23. The minimum absolute atomic E-state index is 0. The lowest BCUT2D eigenvalue weighted by Gasteiger charge is -2.22. The number of halogens is 1. The van der Waals surface area contributed by atoms with Crippen molar-refractivity contribution >= 4 is 18.3 Å². The summed E-state index contributed by atoms with van der Waals surface area (Å²) in [5.41, 5.74) is 2.67. The number of piperidine rings is 1. The summed E-state index contributed by atoms with van der Waals surface area (Å²) in [7, 11) is 0. The molecule has 1 unspecified atom stereocenters. The SMILES string of the molecule is Cc1ccc(CCCCC(=O)NCC2CCCNC2)cc1.Cl. The molecule has 0 aliphatic carbocycles. The Labute approximate surface area is 140 Å². The summed E-state index contributed by atoms with van der Waals surface area (Å²) in [4.78, 5) is 11.8. The van der Waals surface area contributed by atoms with Gasteiger partial charge in [-0.25, -0.2) is 0 Å². The van der Waals surface area contributed by atoms with Crippen molar-refractivity contribution in [1.82, 2.24) is 10.6 Å². The van der Waals surface area contributed by atoms with Crippen LogP contribution in [0.25, 0.3) is 0 Å². The summed E-state index contributed by atoms with van der Waals surface area (Å²) in [6.45, 7) is 5.12. The maximum atomic E-state index is 11.8. The lowest BCUT2D eigenvalue weighted by atomic mass is 9.99. The molecule has 0 aromatic heterocycles. The zero-order valence-corrected chi connectivity index (χ0v) is 14.4. The van der Waals surface area contributed by atoms with Crippen LogP contribution in [0.15, 0.2) is 24.3 Å². The van der Waals surface area contributed by atoms with Crippen LogP contribution >= 0.6 is 12.4 Å². The van der Waals surface area contributed by atoms with Gasteiger partial charge in [0.25, 0.3) is 0 Å². The van der Waals surface area contributed by atoms with Gasteiger partial charge in [-0.2, -0.15) is 0 Å². The fourth-order valence-electron chi connectivity index (χ4n) is 2.81. The summed E-state index contributed by atoms with van der Waals surface area (Å²) in [6.07, 6.45) is 6.26. The second-order valence-corrected chi connectivity index (χ2v) is 6.21. The van der Waals surface area contributed by atoms with Gasteiger partial charge in [0.2, 0.25) is 5.91 Å². The van der Waals surface area contributed by atoms with Crippen molar-refractivity contribution in [3.05, 3.63) is 35.4 Å². The first-order valence-electron chi connectivity index (χ1n) is 8.27. The van der Waals surface area contributed by atoms with Gasteiger partial charge in [0, 0.05) is 13.0 Å². The van der Waals surface area contributed by atoms with Crippen LogP contribution < -0.4 is 10.6 Å². The molecule has 124 valence electrons. The van der Waals surface area contributed by atoms with Crippen molar-refractivity contribution in [3.63, 3.8) is 0 Å². The average Bonchev–Trinajstić information content (AvgIpc) is 2.52. The molecule has 0 bridgehead atoms. The molecule has 1 saturated heterocycles. The Morgan fingerprint density at radius 2 is 2.05 bits per heavy atom. The van der Waals surface area contributed by atoms with Crippen LogP contribution in [-0.4, -0.2) is 25.5 Å². The lowest BCUT2D eigenvalue weighted by Crippen LogP contribution is -2.38. The predicted molar refractivity (Wildman–Crippen MR) is 94.6 cm³/mol. The molecule has 0 saturated carbocycles. The van der Waals surface area contributed by atoms with Crippen LogP contribution in [0.3, 0.4) is 0 Å². The molecule has 2 N–H and O–H groups in total. The Hall–Kier alpha value is -1.06. The number of nitrogens with one attached hydrogen (secondary N) is 2. The first kappa shape index (κ1) is 19.0. The molecule has 1 aromatic carbocycles. The molecule has 4 heteroatoms. The highest BCUT2D eigenvalue weighted by Gasteiger charge is 2.13. The lowest BCUT2D eigenvalue weighted by molar-refractivity contribution is -0.121. The van der Waals surface area contributed by atoms with Gasteiger partial charge in [0.1, 0.15) is 0 Å². The van der Waals surface area contributed by atoms with E-state index in [4.69, 9.17) is 0 Å². The predicted octanol–water partition coefficient (Wildman–Crippen LogP) is 3.25. The standard InChI is InChI=1S/C18H28N2O.ClH/c1-15-8-10-16(11-9-15)5-2-3-7-18(21)20-14-17-6-4-12-19-13-17;/h8-11,17,19H,2-7,12-14H2,1H3,(H,20,21);1H. The fourth-order valence-corrected chi connectivity index (χ4v) is 2.81. The number of benzene rings is 1. The van der Waals surface area contributed by atoms with Gasteiger partial charge in [0.05, 0.1) is 0 Å². The highest BCUT2D eigenvalue weighted by atomic mass is 35.5. The molecule has 1 fully saturated rings. The van der Waals surface area contributed by atoms with Gasteiger partial charge in [-0.05, 0) is 63.6 Å². The summed E-state index contributed by atoms with van der Waals surface area (Å²) >= 11 is 0. The van der Waals surface area contributed by atoms with Gasteiger partial charge in [0.15, 0.2) is 0 Å². The van der Waals surface area contributed by atoms with E-state index in [2.05, 4.69) is 41.8 Å². The second-order valence-electron chi connectivity index (χ2n) is 6.21. The van der Waals surface area contributed by atoms with E-state index >= 15 is 0 Å². The Morgan fingerprint density at radius 1 is 1.27 bits per heavy atom. The van der Waals surface area contributed by atoms with Gasteiger partial charge >= 0.3 is 0 Å². The number of hydrogen-bond acceptors (Lipinski definition) is 2. The van der Waals surface area contributed by atoms with E-state index in [0.29, 0.717) is 12.3 Å². The molecule has 1 aliphatic heterocycles. The van der Waals surface area contributed by atoms with Gasteiger partial charge in [-0.1, -0.05) is 29.8 Å². The zero-order chi connectivity index (χ0) is 14.9. The maximum absolute atomic E-state index is 11.8. The van der Waals surface area contributed by atoms with Crippen LogP contribution in [0.4, 0.5) is 0 Å². The zero-order valence-electron chi connectivity index (χ0n) is 13.6. The van der Waals surface area contributed by atoms with Crippen LogP contribution in [0.2, 0.25) is 0 Å². The fraction of sp³-hybridized carbons (Fsp3) is 0.611. The summed E-state index contributed by atoms with van der Waals surface area (Å²) in [6, 6.07) is 8.68. The third kappa shape index (κ3) is 7.28. The van der Waals surface area contributed by atoms with Crippen molar-refractivity contribution in [2.24, 2.45) is 5.92 Å². The van der Waals surface area contributed by atoms with E-state index < -0.39 is 0 Å². The van der Waals surface area contributed by atoms with Crippen LogP contribution in [0.5, 0.6) is 0 Å². The molecular formula is C18H29ClN2O. The summed E-state index contributed by atoms with van der Waals surface area (Å²) < 4.78 is 0. The summed E-state index contributed by atoms with van der Waals surface area (Å²) in [5, 5.41) is 6.46. The molecule has 22 heavy (non-hydrogen) atoms. The quantitative estimate of drug-likeness (QED) is 0.756. The van der Waals surface area contributed by atoms with Crippen LogP contribution in [-0.2, 0) is 11.2 Å². The van der Waals surface area contributed by atoms with E-state index in [0.717, 1.165) is 38.9 Å². The number of aryl methyl sites for hydroxylation is 2. The average molecular weight is 325 g/mol. The molecule has 1 amide bonds. The number of hydrogen-bond donors (Lipinski definition) is 2. The Bertz CT molecular complexity index is 427. The topological polar surface area (TPSA) is 41.1 Å². The third-order valence-electron chi connectivity index (χ3n) is 4.23. The molecule has 1 aromatic rings. The van der Waals surface area contributed by atoms with Crippen LogP contribution in [0.1, 0.15) is 43.2 Å². The normalized spacial score (nSPS) is 17.6. The number of carbonyl (C=O) groups excluding carboxylic acids is 1. The number of amides is 1. The molecule has 3 nitrogen and oxygen atoms in total. The molecule has 0 spiro atoms. The minimum atomic E-state index is 0. The number of carbonyl (C=O) groups is 1. The molecule has 1 heterocycles. The Balaban J connectivity index is 0.00000242. The van der Waals surface area contributed by atoms with E-state index in [9.17, 15) is 4.79 Å². The second kappa shape index (κ2) is 10.6. The first-order valence-corrected chi connectivity index (χ1v) is 8.27. The van der Waals surface area contributed by atoms with E-state index in [1.807, 2.05) is 0 Å². The maximum Gasteiger partial charge on any atom is 0.220 e. The van der Waals surface area contributed by atoms with Gasteiger partial charge < -0.3 is 10.6 Å². The smallest absolute Gasteiger partial charge is 0.220 e. The monoisotopic (exact) mass is 324 g/mol. The number of rotatable bonds is 7.